The van der Waals surface area contributed by atoms with E-state index < -0.39 is 0 Å². The second-order valence-electron chi connectivity index (χ2n) is 7.00. The molecular weight excluding hydrogens is 364 g/mol. The Morgan fingerprint density at radius 3 is 3.00 bits per heavy atom. The second kappa shape index (κ2) is 8.50. The van der Waals surface area contributed by atoms with Crippen molar-refractivity contribution in [1.82, 2.24) is 9.88 Å². The fourth-order valence-electron chi connectivity index (χ4n) is 3.68. The minimum Gasteiger partial charge on any atom is -0.343 e. The van der Waals surface area contributed by atoms with Gasteiger partial charge in [-0.2, -0.15) is 0 Å². The number of fused-ring (bicyclic) bond motifs is 2. The molecule has 0 unspecified atom stereocenters. The first kappa shape index (κ1) is 18.6. The Bertz CT molecular complexity index is 1030. The van der Waals surface area contributed by atoms with Crippen LogP contribution in [0.5, 0.6) is 0 Å². The number of pyridine rings is 1. The summed E-state index contributed by atoms with van der Waals surface area (Å²) in [5, 5.41) is 6.33. The highest BCUT2D eigenvalue weighted by atomic mass is 32.1. The average Bonchev–Trinajstić information content (AvgIpc) is 2.73. The highest BCUT2D eigenvalue weighted by molar-refractivity contribution is 7.80. The van der Waals surface area contributed by atoms with Crippen molar-refractivity contribution in [2.24, 2.45) is 5.73 Å². The van der Waals surface area contributed by atoms with E-state index in [0.717, 1.165) is 35.8 Å². The Hall–Kier alpha value is -2.76. The molecule has 4 rings (SSSR count). The normalized spacial score (nSPS) is 12.6. The number of benzene rings is 2. The van der Waals surface area contributed by atoms with Crippen LogP contribution in [-0.4, -0.2) is 28.1 Å². The SMILES string of the molecule is NCCN(Cc1cccc2c1CCC=C2)C(=S)Nc1ccc2cnccc2c1. The lowest BCUT2D eigenvalue weighted by Crippen LogP contribution is -2.38. The maximum atomic E-state index is 5.88. The zero-order chi connectivity index (χ0) is 19.3. The molecule has 142 valence electrons. The van der Waals surface area contributed by atoms with Gasteiger partial charge in [0.25, 0.3) is 0 Å². The predicted molar refractivity (Wildman–Crippen MR) is 121 cm³/mol. The van der Waals surface area contributed by atoms with Gasteiger partial charge >= 0.3 is 0 Å². The molecule has 1 aliphatic carbocycles. The summed E-state index contributed by atoms with van der Waals surface area (Å²) < 4.78 is 0. The van der Waals surface area contributed by atoms with Gasteiger partial charge in [-0.3, -0.25) is 4.98 Å². The van der Waals surface area contributed by atoms with Crippen LogP contribution in [0, 0.1) is 0 Å². The maximum Gasteiger partial charge on any atom is 0.173 e. The van der Waals surface area contributed by atoms with Gasteiger partial charge in [-0.15, -0.1) is 0 Å². The molecule has 1 aromatic heterocycles. The molecular formula is C23H24N4S. The molecule has 0 atom stereocenters. The van der Waals surface area contributed by atoms with Gasteiger partial charge in [-0.05, 0) is 65.3 Å². The number of anilines is 1. The van der Waals surface area contributed by atoms with Crippen molar-refractivity contribution in [2.75, 3.05) is 18.4 Å². The van der Waals surface area contributed by atoms with Gasteiger partial charge in [0.1, 0.15) is 0 Å². The summed E-state index contributed by atoms with van der Waals surface area (Å²) in [5.41, 5.74) is 10.9. The van der Waals surface area contributed by atoms with Crippen LogP contribution in [0.25, 0.3) is 16.8 Å². The third-order valence-corrected chi connectivity index (χ3v) is 5.47. The summed E-state index contributed by atoms with van der Waals surface area (Å²) in [6.45, 7) is 2.03. The maximum absolute atomic E-state index is 5.88. The molecule has 0 bridgehead atoms. The van der Waals surface area contributed by atoms with Crippen LogP contribution in [0.3, 0.4) is 0 Å². The molecule has 1 aliphatic rings. The van der Waals surface area contributed by atoms with Gasteiger partial charge < -0.3 is 16.0 Å². The number of nitrogens with two attached hydrogens (primary N) is 1. The number of allylic oxidation sites excluding steroid dienone is 1. The molecule has 0 fully saturated rings. The van der Waals surface area contributed by atoms with Crippen LogP contribution in [0.1, 0.15) is 23.1 Å². The predicted octanol–water partition coefficient (Wildman–Crippen LogP) is 4.35. The number of thiocarbonyl (C=S) groups is 1. The molecule has 0 aliphatic heterocycles. The molecule has 3 aromatic rings. The molecule has 0 amide bonds. The van der Waals surface area contributed by atoms with Gasteiger partial charge in [-0.25, -0.2) is 0 Å². The number of rotatable bonds is 5. The van der Waals surface area contributed by atoms with Gasteiger partial charge in [0.05, 0.1) is 0 Å². The standard InChI is InChI=1S/C23H24N4S/c24-11-13-27(16-20-6-3-5-17-4-1-2-7-22(17)20)23(28)26-21-9-8-19-15-25-12-10-18(19)14-21/h1,3-6,8-10,12,14-15H,2,7,11,13,16,24H2,(H,26,28). The highest BCUT2D eigenvalue weighted by Crippen LogP contribution is 2.24. The summed E-state index contributed by atoms with van der Waals surface area (Å²) in [4.78, 5) is 6.32. The van der Waals surface area contributed by atoms with Crippen molar-refractivity contribution in [3.8, 4) is 0 Å². The van der Waals surface area contributed by atoms with E-state index in [-0.39, 0.29) is 0 Å². The molecule has 28 heavy (non-hydrogen) atoms. The van der Waals surface area contributed by atoms with Crippen molar-refractivity contribution in [2.45, 2.75) is 19.4 Å². The number of nitrogens with one attached hydrogen (secondary N) is 1. The molecule has 3 N–H and O–H groups in total. The first-order valence-corrected chi connectivity index (χ1v) is 10.0. The number of hydrogen-bond acceptors (Lipinski definition) is 3. The summed E-state index contributed by atoms with van der Waals surface area (Å²) in [6, 6.07) is 14.7. The fraction of sp³-hybridized carbons (Fsp3) is 0.217. The Morgan fingerprint density at radius 2 is 2.11 bits per heavy atom. The van der Waals surface area contributed by atoms with Gasteiger partial charge in [0.15, 0.2) is 5.11 Å². The van der Waals surface area contributed by atoms with Crippen molar-refractivity contribution in [3.63, 3.8) is 0 Å². The molecule has 4 nitrogen and oxygen atoms in total. The van der Waals surface area contributed by atoms with Crippen molar-refractivity contribution >= 4 is 39.9 Å². The first-order valence-electron chi connectivity index (χ1n) is 9.61. The Kier molecular flexibility index (Phi) is 5.65. The largest absolute Gasteiger partial charge is 0.343 e. The fourth-order valence-corrected chi connectivity index (χ4v) is 3.95. The molecule has 1 heterocycles. The van der Waals surface area contributed by atoms with E-state index in [0.29, 0.717) is 18.2 Å². The lowest BCUT2D eigenvalue weighted by atomic mass is 9.92. The van der Waals surface area contributed by atoms with Crippen LogP contribution in [0.2, 0.25) is 0 Å². The van der Waals surface area contributed by atoms with E-state index in [1.54, 1.807) is 6.20 Å². The summed E-state index contributed by atoms with van der Waals surface area (Å²) in [6.07, 6.45) is 10.3. The van der Waals surface area contributed by atoms with Crippen LogP contribution in [0.4, 0.5) is 5.69 Å². The van der Waals surface area contributed by atoms with Crippen LogP contribution in [0.15, 0.2) is 60.9 Å². The second-order valence-corrected chi connectivity index (χ2v) is 7.39. The van der Waals surface area contributed by atoms with E-state index in [1.165, 1.54) is 16.7 Å². The van der Waals surface area contributed by atoms with Crippen LogP contribution < -0.4 is 11.1 Å². The lowest BCUT2D eigenvalue weighted by molar-refractivity contribution is 0.427. The van der Waals surface area contributed by atoms with E-state index in [2.05, 4.69) is 57.7 Å². The first-order chi connectivity index (χ1) is 13.7. The zero-order valence-electron chi connectivity index (χ0n) is 15.8. The summed E-state index contributed by atoms with van der Waals surface area (Å²) >= 11 is 5.73. The van der Waals surface area contributed by atoms with E-state index in [1.807, 2.05) is 18.3 Å². The Balaban J connectivity index is 1.54. The van der Waals surface area contributed by atoms with Gasteiger partial charge in [0, 0.05) is 43.1 Å². The van der Waals surface area contributed by atoms with E-state index in [4.69, 9.17) is 18.0 Å². The highest BCUT2D eigenvalue weighted by Gasteiger charge is 2.15. The molecule has 2 aromatic carbocycles. The van der Waals surface area contributed by atoms with Gasteiger partial charge in [-0.1, -0.05) is 36.4 Å². The smallest absolute Gasteiger partial charge is 0.173 e. The minimum atomic E-state index is 0.556. The topological polar surface area (TPSA) is 54.2 Å². The summed E-state index contributed by atoms with van der Waals surface area (Å²) in [7, 11) is 0. The monoisotopic (exact) mass is 388 g/mol. The minimum absolute atomic E-state index is 0.556. The van der Waals surface area contributed by atoms with Crippen molar-refractivity contribution in [3.05, 3.63) is 77.6 Å². The van der Waals surface area contributed by atoms with E-state index in [9.17, 15) is 0 Å². The number of nitrogens with zero attached hydrogens (tertiary/aromatic N) is 2. The molecule has 0 saturated heterocycles. The van der Waals surface area contributed by atoms with E-state index >= 15 is 0 Å². The third-order valence-electron chi connectivity index (χ3n) is 5.11. The average molecular weight is 389 g/mol. The quantitative estimate of drug-likeness (QED) is 0.637. The van der Waals surface area contributed by atoms with Crippen molar-refractivity contribution < 1.29 is 0 Å². The summed E-state index contributed by atoms with van der Waals surface area (Å²) in [5.74, 6) is 0. The van der Waals surface area contributed by atoms with Gasteiger partial charge in [0.2, 0.25) is 0 Å². The van der Waals surface area contributed by atoms with Crippen molar-refractivity contribution in [1.29, 1.82) is 0 Å². The van der Waals surface area contributed by atoms with Crippen LogP contribution in [-0.2, 0) is 13.0 Å². The molecule has 0 saturated carbocycles. The number of aromatic nitrogens is 1. The zero-order valence-corrected chi connectivity index (χ0v) is 16.6. The lowest BCUT2D eigenvalue weighted by Gasteiger charge is -2.27. The van der Waals surface area contributed by atoms with Crippen LogP contribution >= 0.6 is 12.2 Å². The molecule has 0 spiro atoms. The Labute approximate surface area is 171 Å². The molecule has 0 radical (unpaired) electrons. The Morgan fingerprint density at radius 1 is 1.18 bits per heavy atom. The number of hydrogen-bond donors (Lipinski definition) is 2. The third kappa shape index (κ3) is 4.06. The molecule has 5 heteroatoms.